The Hall–Kier alpha value is -3.35. The Balaban J connectivity index is 1.59. The van der Waals surface area contributed by atoms with E-state index in [0.29, 0.717) is 24.2 Å². The van der Waals surface area contributed by atoms with E-state index in [0.717, 1.165) is 16.6 Å². The van der Waals surface area contributed by atoms with E-state index in [2.05, 4.69) is 20.6 Å². The maximum Gasteiger partial charge on any atom is 0.323 e. The molecule has 25 heavy (non-hydrogen) atoms. The molecule has 2 aromatic carbocycles. The molecule has 0 atom stereocenters. The Kier molecular flexibility index (Phi) is 4.65. The molecule has 0 fully saturated rings. The minimum absolute atomic E-state index is 0.184. The quantitative estimate of drug-likeness (QED) is 0.570. The van der Waals surface area contributed by atoms with Gasteiger partial charge in [-0.1, -0.05) is 12.1 Å². The predicted octanol–water partition coefficient (Wildman–Crippen LogP) is 1.79. The van der Waals surface area contributed by atoms with Crippen molar-refractivity contribution in [2.24, 2.45) is 0 Å². The summed E-state index contributed by atoms with van der Waals surface area (Å²) in [4.78, 5) is 40.0. The van der Waals surface area contributed by atoms with Gasteiger partial charge in [-0.3, -0.25) is 9.59 Å². The minimum atomic E-state index is -0.237. The fourth-order valence-corrected chi connectivity index (χ4v) is 2.60. The van der Waals surface area contributed by atoms with Crippen molar-refractivity contribution in [1.82, 2.24) is 15.3 Å². The van der Waals surface area contributed by atoms with Gasteiger partial charge < -0.3 is 20.6 Å². The molecular formula is C18H18N4O3. The molecule has 1 aromatic heterocycles. The lowest BCUT2D eigenvalue weighted by Gasteiger charge is -2.07. The van der Waals surface area contributed by atoms with Crippen LogP contribution in [0.2, 0.25) is 0 Å². The van der Waals surface area contributed by atoms with E-state index < -0.39 is 0 Å². The van der Waals surface area contributed by atoms with E-state index in [4.69, 9.17) is 0 Å². The molecule has 0 unspecified atom stereocenters. The number of rotatable bonds is 5. The molecule has 3 aromatic rings. The highest BCUT2D eigenvalue weighted by Gasteiger charge is 2.07. The van der Waals surface area contributed by atoms with Gasteiger partial charge in [0.05, 0.1) is 11.0 Å². The number of nitrogens with one attached hydrogen (secondary N) is 4. The summed E-state index contributed by atoms with van der Waals surface area (Å²) >= 11 is 0. The molecule has 7 heteroatoms. The second kappa shape index (κ2) is 7.04. The topological polar surface area (TPSA) is 107 Å². The molecule has 0 saturated carbocycles. The summed E-state index contributed by atoms with van der Waals surface area (Å²) in [5.41, 5.74) is 3.35. The Morgan fingerprint density at radius 1 is 1.04 bits per heavy atom. The van der Waals surface area contributed by atoms with Gasteiger partial charge in [-0.25, -0.2) is 4.79 Å². The Labute approximate surface area is 143 Å². The molecule has 0 spiro atoms. The largest absolute Gasteiger partial charge is 0.352 e. The Bertz CT molecular complexity index is 987. The van der Waals surface area contributed by atoms with E-state index in [9.17, 15) is 14.4 Å². The summed E-state index contributed by atoms with van der Waals surface area (Å²) < 4.78 is 0. The van der Waals surface area contributed by atoms with Crippen molar-refractivity contribution in [3.63, 3.8) is 0 Å². The van der Waals surface area contributed by atoms with E-state index in [-0.39, 0.29) is 17.5 Å². The first-order chi connectivity index (χ1) is 12.0. The summed E-state index contributed by atoms with van der Waals surface area (Å²) in [7, 11) is 0. The van der Waals surface area contributed by atoms with Gasteiger partial charge in [0.25, 0.3) is 5.91 Å². The van der Waals surface area contributed by atoms with Crippen molar-refractivity contribution >= 4 is 28.5 Å². The minimum Gasteiger partial charge on any atom is -0.352 e. The zero-order valence-electron chi connectivity index (χ0n) is 13.7. The van der Waals surface area contributed by atoms with Gasteiger partial charge in [-0.05, 0) is 42.3 Å². The Morgan fingerprint density at radius 2 is 1.84 bits per heavy atom. The van der Waals surface area contributed by atoms with E-state index in [1.54, 1.807) is 24.3 Å². The Morgan fingerprint density at radius 3 is 2.64 bits per heavy atom. The zero-order chi connectivity index (χ0) is 17.8. The number of hydrogen-bond donors (Lipinski definition) is 4. The first-order valence-corrected chi connectivity index (χ1v) is 7.88. The number of carbonyl (C=O) groups excluding carboxylic acids is 2. The average Bonchev–Trinajstić information content (AvgIpc) is 2.93. The van der Waals surface area contributed by atoms with Gasteiger partial charge in [0, 0.05) is 24.7 Å². The highest BCUT2D eigenvalue weighted by atomic mass is 16.2. The van der Waals surface area contributed by atoms with Crippen LogP contribution in [0.3, 0.4) is 0 Å². The fraction of sp³-hybridized carbons (Fsp3) is 0.167. The van der Waals surface area contributed by atoms with E-state index in [1.165, 1.54) is 6.92 Å². The molecule has 128 valence electrons. The van der Waals surface area contributed by atoms with Crippen LogP contribution in [0.1, 0.15) is 22.8 Å². The number of carbonyl (C=O) groups is 2. The number of aromatic nitrogens is 2. The highest BCUT2D eigenvalue weighted by Crippen LogP contribution is 2.12. The van der Waals surface area contributed by atoms with Crippen LogP contribution in [0.4, 0.5) is 5.69 Å². The molecule has 7 nitrogen and oxygen atoms in total. The maximum absolute atomic E-state index is 12.2. The van der Waals surface area contributed by atoms with Crippen LogP contribution in [-0.2, 0) is 11.2 Å². The van der Waals surface area contributed by atoms with Crippen molar-refractivity contribution in [3.8, 4) is 0 Å². The van der Waals surface area contributed by atoms with E-state index in [1.807, 2.05) is 18.2 Å². The number of hydrogen-bond acceptors (Lipinski definition) is 3. The molecule has 0 aliphatic rings. The number of H-pyrrole nitrogens is 2. The average molecular weight is 338 g/mol. The SMILES string of the molecule is CC(=O)Nc1cccc(C(=O)NCCc2ccc3[nH]c(=O)[nH]c3c2)c1. The molecule has 0 aliphatic carbocycles. The first-order valence-electron chi connectivity index (χ1n) is 7.88. The molecule has 1 heterocycles. The van der Waals surface area contributed by atoms with Gasteiger partial charge in [-0.15, -0.1) is 0 Å². The van der Waals surface area contributed by atoms with Gasteiger partial charge in [-0.2, -0.15) is 0 Å². The zero-order valence-corrected chi connectivity index (χ0v) is 13.7. The third kappa shape index (κ3) is 4.14. The first kappa shape index (κ1) is 16.5. The van der Waals surface area contributed by atoms with Crippen LogP contribution in [0, 0.1) is 0 Å². The second-order valence-corrected chi connectivity index (χ2v) is 5.73. The molecule has 3 rings (SSSR count). The molecule has 0 saturated heterocycles. The molecule has 0 aliphatic heterocycles. The molecule has 2 amide bonds. The molecule has 4 N–H and O–H groups in total. The van der Waals surface area contributed by atoms with E-state index >= 15 is 0 Å². The van der Waals surface area contributed by atoms with Crippen LogP contribution in [-0.4, -0.2) is 28.3 Å². The van der Waals surface area contributed by atoms with Crippen LogP contribution in [0.5, 0.6) is 0 Å². The smallest absolute Gasteiger partial charge is 0.323 e. The standard InChI is InChI=1S/C18H18N4O3/c1-11(23)20-14-4-2-3-13(10-14)17(24)19-8-7-12-5-6-15-16(9-12)22-18(25)21-15/h2-6,9-10H,7-8H2,1H3,(H,19,24)(H,20,23)(H2,21,22,25). The molecular weight excluding hydrogens is 320 g/mol. The van der Waals surface area contributed by atoms with Crippen LogP contribution >= 0.6 is 0 Å². The lowest BCUT2D eigenvalue weighted by molar-refractivity contribution is -0.114. The monoisotopic (exact) mass is 338 g/mol. The van der Waals surface area contributed by atoms with Gasteiger partial charge in [0.1, 0.15) is 0 Å². The number of aromatic amines is 2. The maximum atomic E-state index is 12.2. The third-order valence-corrected chi connectivity index (χ3v) is 3.72. The van der Waals surface area contributed by atoms with Crippen molar-refractivity contribution in [2.75, 3.05) is 11.9 Å². The number of amides is 2. The number of fused-ring (bicyclic) bond motifs is 1. The van der Waals surface area contributed by atoms with Crippen LogP contribution < -0.4 is 16.3 Å². The molecule has 0 radical (unpaired) electrons. The summed E-state index contributed by atoms with van der Waals surface area (Å²) in [6, 6.07) is 12.4. The van der Waals surface area contributed by atoms with Crippen molar-refractivity contribution in [2.45, 2.75) is 13.3 Å². The fourth-order valence-electron chi connectivity index (χ4n) is 2.60. The lowest BCUT2D eigenvalue weighted by atomic mass is 10.1. The number of benzene rings is 2. The summed E-state index contributed by atoms with van der Waals surface area (Å²) in [5, 5.41) is 5.50. The van der Waals surface area contributed by atoms with Crippen LogP contribution in [0.15, 0.2) is 47.3 Å². The van der Waals surface area contributed by atoms with Crippen molar-refractivity contribution < 1.29 is 9.59 Å². The van der Waals surface area contributed by atoms with Crippen molar-refractivity contribution in [1.29, 1.82) is 0 Å². The van der Waals surface area contributed by atoms with Crippen LogP contribution in [0.25, 0.3) is 11.0 Å². The summed E-state index contributed by atoms with van der Waals surface area (Å²) in [6.45, 7) is 1.88. The summed E-state index contributed by atoms with van der Waals surface area (Å²) in [5.74, 6) is -0.390. The normalized spacial score (nSPS) is 10.6. The highest BCUT2D eigenvalue weighted by molar-refractivity contribution is 5.96. The van der Waals surface area contributed by atoms with Gasteiger partial charge in [0.15, 0.2) is 0 Å². The molecule has 0 bridgehead atoms. The third-order valence-electron chi connectivity index (χ3n) is 3.72. The number of imidazole rings is 1. The van der Waals surface area contributed by atoms with Crippen molar-refractivity contribution in [3.05, 3.63) is 64.1 Å². The van der Waals surface area contributed by atoms with Gasteiger partial charge >= 0.3 is 5.69 Å². The van der Waals surface area contributed by atoms with Gasteiger partial charge in [0.2, 0.25) is 5.91 Å². The summed E-state index contributed by atoms with van der Waals surface area (Å²) in [6.07, 6.45) is 0.639. The lowest BCUT2D eigenvalue weighted by Crippen LogP contribution is -2.25. The predicted molar refractivity (Wildman–Crippen MR) is 95.7 cm³/mol. The number of anilines is 1. The second-order valence-electron chi connectivity index (χ2n) is 5.73.